The summed E-state index contributed by atoms with van der Waals surface area (Å²) in [6.07, 6.45) is 2.70. The second-order valence-electron chi connectivity index (χ2n) is 3.15. The molecule has 0 spiro atoms. The predicted molar refractivity (Wildman–Crippen MR) is 64.7 cm³/mol. The summed E-state index contributed by atoms with van der Waals surface area (Å²) >= 11 is 0.993. The van der Waals surface area contributed by atoms with Crippen molar-refractivity contribution in [3.8, 4) is 0 Å². The number of carbonyl (C=O) groups is 1. The van der Waals surface area contributed by atoms with Gasteiger partial charge in [-0.05, 0) is 12.1 Å². The molecule has 2 aromatic heterocycles. The summed E-state index contributed by atoms with van der Waals surface area (Å²) in [7, 11) is 0. The van der Waals surface area contributed by atoms with Crippen LogP contribution < -0.4 is 5.43 Å². The maximum atomic E-state index is 11.4. The molecule has 2 heterocycles. The van der Waals surface area contributed by atoms with Crippen LogP contribution in [-0.2, 0) is 0 Å². The molecule has 0 saturated carbocycles. The Labute approximate surface area is 105 Å². The number of hydrogen-bond acceptors (Lipinski definition) is 6. The highest BCUT2D eigenvalue weighted by molar-refractivity contribution is 7.13. The van der Waals surface area contributed by atoms with E-state index in [1.54, 1.807) is 11.4 Å². The molecule has 7 nitrogen and oxygen atoms in total. The van der Waals surface area contributed by atoms with Gasteiger partial charge in [-0.15, -0.1) is 0 Å². The molecule has 92 valence electrons. The van der Waals surface area contributed by atoms with Crippen LogP contribution >= 0.6 is 11.3 Å². The van der Waals surface area contributed by atoms with Crippen molar-refractivity contribution < 1.29 is 14.1 Å². The Morgan fingerprint density at radius 2 is 2.44 bits per heavy atom. The zero-order valence-corrected chi connectivity index (χ0v) is 9.72. The molecule has 8 heteroatoms. The number of nitro groups is 1. The van der Waals surface area contributed by atoms with E-state index in [9.17, 15) is 14.9 Å². The Kier molecular flexibility index (Phi) is 3.49. The molecule has 1 N–H and O–H groups in total. The van der Waals surface area contributed by atoms with Gasteiger partial charge in [-0.3, -0.25) is 14.9 Å². The van der Waals surface area contributed by atoms with Crippen molar-refractivity contribution >= 4 is 28.5 Å². The number of carbonyl (C=O) groups excluding carboxylic acids is 1. The Bertz CT molecular complexity index is 588. The molecule has 0 atom stereocenters. The van der Waals surface area contributed by atoms with Crippen molar-refractivity contribution in [2.45, 2.75) is 0 Å². The highest BCUT2D eigenvalue weighted by atomic mass is 32.1. The molecule has 0 radical (unpaired) electrons. The smallest absolute Gasteiger partial charge is 0.324 e. The molecule has 0 unspecified atom stereocenters. The third-order valence-corrected chi connectivity index (χ3v) is 2.81. The van der Waals surface area contributed by atoms with Gasteiger partial charge in [-0.1, -0.05) is 11.3 Å². The number of hydrazone groups is 1. The van der Waals surface area contributed by atoms with E-state index >= 15 is 0 Å². The number of nitrogens with one attached hydrogen (secondary N) is 1. The summed E-state index contributed by atoms with van der Waals surface area (Å²) in [5.41, 5.74) is 2.79. The summed E-state index contributed by atoms with van der Waals surface area (Å²) in [4.78, 5) is 21.3. The Balaban J connectivity index is 1.95. The fourth-order valence-corrected chi connectivity index (χ4v) is 1.81. The van der Waals surface area contributed by atoms with E-state index in [4.69, 9.17) is 4.42 Å². The SMILES string of the molecule is O=C(NN=Cc1csc([N+](=O)[O-])c1)c1ccco1. The fourth-order valence-electron chi connectivity index (χ4n) is 1.13. The summed E-state index contributed by atoms with van der Waals surface area (Å²) in [6.45, 7) is 0. The number of nitrogens with zero attached hydrogens (tertiary/aromatic N) is 2. The van der Waals surface area contributed by atoms with Crippen molar-refractivity contribution in [3.63, 3.8) is 0 Å². The minimum atomic E-state index is -0.485. The van der Waals surface area contributed by atoms with Gasteiger partial charge in [0, 0.05) is 17.0 Å². The highest BCUT2D eigenvalue weighted by Gasteiger charge is 2.09. The van der Waals surface area contributed by atoms with E-state index in [0.717, 1.165) is 11.3 Å². The molecular formula is C10H7N3O4S. The van der Waals surface area contributed by atoms with Crippen LogP contribution in [0.1, 0.15) is 16.1 Å². The van der Waals surface area contributed by atoms with Crippen molar-refractivity contribution in [1.82, 2.24) is 5.43 Å². The van der Waals surface area contributed by atoms with E-state index in [2.05, 4.69) is 10.5 Å². The molecule has 18 heavy (non-hydrogen) atoms. The molecule has 0 aliphatic rings. The quantitative estimate of drug-likeness (QED) is 0.519. The van der Waals surface area contributed by atoms with Crippen LogP contribution in [0.5, 0.6) is 0 Å². The average Bonchev–Trinajstić information content (AvgIpc) is 3.00. The van der Waals surface area contributed by atoms with Crippen LogP contribution in [-0.4, -0.2) is 17.0 Å². The maximum Gasteiger partial charge on any atom is 0.324 e. The summed E-state index contributed by atoms with van der Waals surface area (Å²) in [6, 6.07) is 4.45. The lowest BCUT2D eigenvalue weighted by atomic mass is 10.4. The fraction of sp³-hybridized carbons (Fsp3) is 0. The molecular weight excluding hydrogens is 258 g/mol. The number of amides is 1. The molecule has 0 fully saturated rings. The van der Waals surface area contributed by atoms with Gasteiger partial charge >= 0.3 is 10.9 Å². The van der Waals surface area contributed by atoms with Crippen molar-refractivity contribution in [2.75, 3.05) is 0 Å². The van der Waals surface area contributed by atoms with Gasteiger partial charge in [0.25, 0.3) is 0 Å². The standard InChI is InChI=1S/C10H7N3O4S/c14-10(8-2-1-3-17-8)12-11-5-7-4-9(13(15)16)18-6-7/h1-6H,(H,12,14). The average molecular weight is 265 g/mol. The van der Waals surface area contributed by atoms with E-state index in [0.29, 0.717) is 5.56 Å². The first-order valence-electron chi connectivity index (χ1n) is 4.76. The minimum absolute atomic E-state index is 0.0220. The molecule has 2 aromatic rings. The van der Waals surface area contributed by atoms with Crippen molar-refractivity contribution in [3.05, 3.63) is 51.3 Å². The second-order valence-corrected chi connectivity index (χ2v) is 4.04. The second kappa shape index (κ2) is 5.23. The predicted octanol–water partition coefficient (Wildman–Crippen LogP) is 2.01. The first-order chi connectivity index (χ1) is 8.66. The summed E-state index contributed by atoms with van der Waals surface area (Å²) in [5, 5.41) is 15.7. The van der Waals surface area contributed by atoms with E-state index in [1.165, 1.54) is 24.6 Å². The highest BCUT2D eigenvalue weighted by Crippen LogP contribution is 2.21. The molecule has 0 aliphatic heterocycles. The van der Waals surface area contributed by atoms with Crippen LogP contribution in [0.25, 0.3) is 0 Å². The number of hydrogen-bond donors (Lipinski definition) is 1. The molecule has 0 aliphatic carbocycles. The van der Waals surface area contributed by atoms with Gasteiger partial charge in [0.1, 0.15) is 0 Å². The number of rotatable bonds is 4. The molecule has 0 bridgehead atoms. The third kappa shape index (κ3) is 2.80. The van der Waals surface area contributed by atoms with E-state index in [1.807, 2.05) is 0 Å². The van der Waals surface area contributed by atoms with Crippen LogP contribution in [0.3, 0.4) is 0 Å². The molecule has 2 rings (SSSR count). The maximum absolute atomic E-state index is 11.4. The minimum Gasteiger partial charge on any atom is -0.459 e. The van der Waals surface area contributed by atoms with Crippen LogP contribution in [0, 0.1) is 10.1 Å². The zero-order valence-electron chi connectivity index (χ0n) is 8.90. The van der Waals surface area contributed by atoms with Gasteiger partial charge in [0.15, 0.2) is 5.76 Å². The molecule has 1 amide bonds. The molecule has 0 saturated heterocycles. The zero-order chi connectivity index (χ0) is 13.0. The first kappa shape index (κ1) is 12.0. The monoisotopic (exact) mass is 265 g/mol. The van der Waals surface area contributed by atoms with Gasteiger partial charge < -0.3 is 4.42 Å². The Morgan fingerprint density at radius 3 is 3.06 bits per heavy atom. The Morgan fingerprint density at radius 1 is 1.61 bits per heavy atom. The summed E-state index contributed by atoms with van der Waals surface area (Å²) in [5.74, 6) is -0.343. The van der Waals surface area contributed by atoms with Gasteiger partial charge in [0.05, 0.1) is 17.4 Å². The van der Waals surface area contributed by atoms with Crippen LogP contribution in [0.4, 0.5) is 5.00 Å². The lowest BCUT2D eigenvalue weighted by molar-refractivity contribution is -0.380. The lowest BCUT2D eigenvalue weighted by Gasteiger charge is -1.93. The third-order valence-electron chi connectivity index (χ3n) is 1.91. The first-order valence-corrected chi connectivity index (χ1v) is 5.64. The lowest BCUT2D eigenvalue weighted by Crippen LogP contribution is -2.16. The van der Waals surface area contributed by atoms with Crippen LogP contribution in [0.15, 0.2) is 39.4 Å². The Hall–Kier alpha value is -2.48. The van der Waals surface area contributed by atoms with Crippen molar-refractivity contribution in [2.24, 2.45) is 5.10 Å². The van der Waals surface area contributed by atoms with E-state index < -0.39 is 10.8 Å². The molecule has 0 aromatic carbocycles. The van der Waals surface area contributed by atoms with E-state index in [-0.39, 0.29) is 10.8 Å². The van der Waals surface area contributed by atoms with Crippen molar-refractivity contribution in [1.29, 1.82) is 0 Å². The van der Waals surface area contributed by atoms with Crippen LogP contribution in [0.2, 0.25) is 0 Å². The van der Waals surface area contributed by atoms with Gasteiger partial charge in [-0.2, -0.15) is 5.10 Å². The topological polar surface area (TPSA) is 97.7 Å². The van der Waals surface area contributed by atoms with Gasteiger partial charge in [-0.25, -0.2) is 5.43 Å². The normalized spacial score (nSPS) is 10.7. The largest absolute Gasteiger partial charge is 0.459 e. The summed E-state index contributed by atoms with van der Waals surface area (Å²) < 4.78 is 4.86. The number of furan rings is 1. The number of thiophene rings is 1. The van der Waals surface area contributed by atoms with Gasteiger partial charge in [0.2, 0.25) is 0 Å².